The maximum absolute atomic E-state index is 4.73. The number of halogens is 1. The summed E-state index contributed by atoms with van der Waals surface area (Å²) in [6.45, 7) is 6.68. The van der Waals surface area contributed by atoms with Gasteiger partial charge in [-0.1, -0.05) is 29.3 Å². The molecule has 3 nitrogen and oxygen atoms in total. The third-order valence-electron chi connectivity index (χ3n) is 4.26. The van der Waals surface area contributed by atoms with Crippen molar-refractivity contribution in [3.05, 3.63) is 18.0 Å². The van der Waals surface area contributed by atoms with Gasteiger partial charge in [0.2, 0.25) is 0 Å². The summed E-state index contributed by atoms with van der Waals surface area (Å²) in [7, 11) is 0. The minimum Gasteiger partial charge on any atom is -0.294 e. The van der Waals surface area contributed by atoms with Gasteiger partial charge in [0.1, 0.15) is 0 Å². The van der Waals surface area contributed by atoms with Gasteiger partial charge in [0, 0.05) is 30.2 Å². The number of likely N-dealkylation sites (tertiary alicyclic amines) is 1. The van der Waals surface area contributed by atoms with E-state index in [0.717, 1.165) is 24.3 Å². The number of alkyl halides is 1. The van der Waals surface area contributed by atoms with Gasteiger partial charge < -0.3 is 0 Å². The molecular weight excluding hydrogens is 302 g/mol. The van der Waals surface area contributed by atoms with Crippen LogP contribution in [0.25, 0.3) is 0 Å². The van der Waals surface area contributed by atoms with Gasteiger partial charge in [-0.15, -0.1) is 0 Å². The van der Waals surface area contributed by atoms with E-state index in [4.69, 9.17) is 5.10 Å². The first kappa shape index (κ1) is 15.0. The van der Waals surface area contributed by atoms with E-state index >= 15 is 0 Å². The van der Waals surface area contributed by atoms with Crippen LogP contribution in [0.1, 0.15) is 57.7 Å². The second kappa shape index (κ2) is 7.44. The molecule has 108 valence electrons. The molecule has 0 radical (unpaired) electrons. The van der Waals surface area contributed by atoms with Crippen LogP contribution in [0.4, 0.5) is 0 Å². The molecule has 1 aliphatic heterocycles. The molecule has 0 saturated carbocycles. The fourth-order valence-corrected chi connectivity index (χ4v) is 3.35. The summed E-state index contributed by atoms with van der Waals surface area (Å²) in [5.41, 5.74) is 1.22. The van der Waals surface area contributed by atoms with Gasteiger partial charge in [-0.05, 0) is 45.2 Å². The van der Waals surface area contributed by atoms with Crippen LogP contribution in [0.2, 0.25) is 0 Å². The molecule has 19 heavy (non-hydrogen) atoms. The molecule has 0 amide bonds. The predicted molar refractivity (Wildman–Crippen MR) is 83.7 cm³/mol. The molecule has 0 bridgehead atoms. The lowest BCUT2D eigenvalue weighted by Crippen LogP contribution is -2.39. The summed E-state index contributed by atoms with van der Waals surface area (Å²) in [5, 5.41) is 5.84. The second-order valence-electron chi connectivity index (χ2n) is 5.64. The van der Waals surface area contributed by atoms with E-state index in [0.29, 0.717) is 6.04 Å². The lowest BCUT2D eigenvalue weighted by molar-refractivity contribution is 0.135. The van der Waals surface area contributed by atoms with Crippen molar-refractivity contribution in [3.8, 4) is 0 Å². The Labute approximate surface area is 125 Å². The Hall–Kier alpha value is -0.350. The van der Waals surface area contributed by atoms with Crippen molar-refractivity contribution in [1.29, 1.82) is 0 Å². The van der Waals surface area contributed by atoms with E-state index in [1.807, 2.05) is 0 Å². The zero-order valence-corrected chi connectivity index (χ0v) is 13.8. The molecule has 2 unspecified atom stereocenters. The first-order valence-corrected chi connectivity index (χ1v) is 8.70. The molecule has 0 aliphatic carbocycles. The maximum Gasteiger partial charge on any atom is 0.0764 e. The molecule has 0 N–H and O–H groups in total. The summed E-state index contributed by atoms with van der Waals surface area (Å²) >= 11 is 3.58. The third-order valence-corrected chi connectivity index (χ3v) is 4.72. The topological polar surface area (TPSA) is 21.1 Å². The predicted octanol–water partition coefficient (Wildman–Crippen LogP) is 3.99. The summed E-state index contributed by atoms with van der Waals surface area (Å²) in [6.07, 6.45) is 8.59. The first-order valence-electron chi connectivity index (χ1n) is 7.58. The monoisotopic (exact) mass is 327 g/mol. The van der Waals surface area contributed by atoms with Crippen LogP contribution in [0.3, 0.4) is 0 Å². The van der Waals surface area contributed by atoms with Crippen LogP contribution in [0.15, 0.2) is 12.3 Å². The minimum atomic E-state index is 0.508. The van der Waals surface area contributed by atoms with Gasteiger partial charge in [-0.3, -0.25) is 9.58 Å². The largest absolute Gasteiger partial charge is 0.294 e. The summed E-state index contributed by atoms with van der Waals surface area (Å²) < 4.78 is 2.11. The quantitative estimate of drug-likeness (QED) is 0.736. The molecule has 2 heterocycles. The zero-order valence-electron chi connectivity index (χ0n) is 12.2. The summed E-state index contributed by atoms with van der Waals surface area (Å²) in [6, 6.07) is 3.43. The lowest BCUT2D eigenvalue weighted by atomic mass is 10.00. The highest BCUT2D eigenvalue weighted by atomic mass is 79.9. The van der Waals surface area contributed by atoms with Crippen molar-refractivity contribution >= 4 is 15.9 Å². The molecule has 1 aromatic heterocycles. The number of piperidine rings is 1. The lowest BCUT2D eigenvalue weighted by Gasteiger charge is -2.35. The smallest absolute Gasteiger partial charge is 0.0764 e. The highest BCUT2D eigenvalue weighted by Gasteiger charge is 2.22. The fourth-order valence-electron chi connectivity index (χ4n) is 2.82. The highest BCUT2D eigenvalue weighted by Crippen LogP contribution is 2.22. The van der Waals surface area contributed by atoms with Crippen LogP contribution in [-0.2, 0) is 6.54 Å². The Balaban J connectivity index is 1.96. The van der Waals surface area contributed by atoms with Gasteiger partial charge in [-0.2, -0.15) is 5.10 Å². The standard InChI is InChI=1S/C15H26BrN3/c1-3-13(2)19-11-8-14(17-19)12-18-10-5-4-6-15(18)7-9-16/h8,11,13,15H,3-7,9-10,12H2,1-2H3. The van der Waals surface area contributed by atoms with Gasteiger partial charge >= 0.3 is 0 Å². The van der Waals surface area contributed by atoms with Crippen molar-refractivity contribution in [2.24, 2.45) is 0 Å². The van der Waals surface area contributed by atoms with Crippen molar-refractivity contribution in [2.75, 3.05) is 11.9 Å². The molecular formula is C15H26BrN3. The minimum absolute atomic E-state index is 0.508. The molecule has 2 atom stereocenters. The molecule has 1 fully saturated rings. The zero-order chi connectivity index (χ0) is 13.7. The Morgan fingerprint density at radius 1 is 1.47 bits per heavy atom. The van der Waals surface area contributed by atoms with Gasteiger partial charge in [0.25, 0.3) is 0 Å². The molecule has 4 heteroatoms. The Bertz CT molecular complexity index is 375. The summed E-state index contributed by atoms with van der Waals surface area (Å²) in [5.74, 6) is 0. The van der Waals surface area contributed by atoms with E-state index in [1.165, 1.54) is 37.9 Å². The van der Waals surface area contributed by atoms with E-state index in [2.05, 4.69) is 51.6 Å². The van der Waals surface area contributed by atoms with Gasteiger partial charge in [0.15, 0.2) is 0 Å². The Morgan fingerprint density at radius 3 is 3.05 bits per heavy atom. The molecule has 0 aromatic carbocycles. The van der Waals surface area contributed by atoms with Gasteiger partial charge in [-0.25, -0.2) is 0 Å². The van der Waals surface area contributed by atoms with E-state index in [-0.39, 0.29) is 0 Å². The van der Waals surface area contributed by atoms with Crippen LogP contribution in [0.5, 0.6) is 0 Å². The van der Waals surface area contributed by atoms with E-state index in [1.54, 1.807) is 0 Å². The van der Waals surface area contributed by atoms with Crippen molar-refractivity contribution in [2.45, 2.75) is 64.6 Å². The highest BCUT2D eigenvalue weighted by molar-refractivity contribution is 9.09. The van der Waals surface area contributed by atoms with E-state index in [9.17, 15) is 0 Å². The second-order valence-corrected chi connectivity index (χ2v) is 6.44. The Morgan fingerprint density at radius 2 is 2.32 bits per heavy atom. The third kappa shape index (κ3) is 4.06. The molecule has 1 aromatic rings. The number of rotatable bonds is 6. The maximum atomic E-state index is 4.73. The number of aromatic nitrogens is 2. The fraction of sp³-hybridized carbons (Fsp3) is 0.800. The van der Waals surface area contributed by atoms with E-state index < -0.39 is 0 Å². The molecule has 0 spiro atoms. The number of hydrogen-bond donors (Lipinski definition) is 0. The van der Waals surface area contributed by atoms with Crippen LogP contribution < -0.4 is 0 Å². The first-order chi connectivity index (χ1) is 9.24. The van der Waals surface area contributed by atoms with Crippen molar-refractivity contribution < 1.29 is 0 Å². The summed E-state index contributed by atoms with van der Waals surface area (Å²) in [4.78, 5) is 2.62. The molecule has 1 aliphatic rings. The molecule has 1 saturated heterocycles. The molecule has 2 rings (SSSR count). The van der Waals surface area contributed by atoms with Crippen LogP contribution in [0, 0.1) is 0 Å². The van der Waals surface area contributed by atoms with Crippen molar-refractivity contribution in [1.82, 2.24) is 14.7 Å². The SMILES string of the molecule is CCC(C)n1ccc(CN2CCCCC2CCBr)n1. The average Bonchev–Trinajstić information content (AvgIpc) is 2.89. The van der Waals surface area contributed by atoms with Gasteiger partial charge in [0.05, 0.1) is 5.69 Å². The average molecular weight is 328 g/mol. The number of nitrogens with zero attached hydrogens (tertiary/aromatic N) is 3. The van der Waals surface area contributed by atoms with Crippen molar-refractivity contribution in [3.63, 3.8) is 0 Å². The number of hydrogen-bond acceptors (Lipinski definition) is 2. The normalized spacial score (nSPS) is 22.6. The van der Waals surface area contributed by atoms with Crippen LogP contribution in [-0.4, -0.2) is 32.6 Å². The Kier molecular flexibility index (Phi) is 5.89. The van der Waals surface area contributed by atoms with Crippen LogP contribution >= 0.6 is 15.9 Å².